The lowest BCUT2D eigenvalue weighted by molar-refractivity contribution is 0.194. The molecule has 0 saturated carbocycles. The number of H-pyrrole nitrogens is 1. The molecule has 0 radical (unpaired) electrons. The Labute approximate surface area is 110 Å². The number of nitrogens with zero attached hydrogens (tertiary/aromatic N) is 2. The highest BCUT2D eigenvalue weighted by atomic mass is 32.1. The molecule has 2 aromatic heterocycles. The number of urea groups is 1. The van der Waals surface area contributed by atoms with Crippen molar-refractivity contribution in [3.05, 3.63) is 40.3 Å². The van der Waals surface area contributed by atoms with Crippen molar-refractivity contribution in [3.63, 3.8) is 0 Å². The molecule has 1 atom stereocenters. The summed E-state index contributed by atoms with van der Waals surface area (Å²) in [5, 5.41) is 11.5. The van der Waals surface area contributed by atoms with E-state index in [4.69, 9.17) is 0 Å². The van der Waals surface area contributed by atoms with E-state index in [1.54, 1.807) is 29.5 Å². The molecule has 2 rings (SSSR count). The first-order chi connectivity index (χ1) is 8.68. The number of nitrogens with one attached hydrogen (secondary N) is 2. The van der Waals surface area contributed by atoms with E-state index >= 15 is 0 Å². The Hall–Kier alpha value is -1.82. The molecule has 0 aliphatic carbocycles. The Balaban J connectivity index is 1.88. The Morgan fingerprint density at radius 2 is 2.44 bits per heavy atom. The monoisotopic (exact) mass is 264 g/mol. The highest BCUT2D eigenvalue weighted by Crippen LogP contribution is 2.23. The summed E-state index contributed by atoms with van der Waals surface area (Å²) in [6, 6.07) is 5.85. The van der Waals surface area contributed by atoms with Crippen LogP contribution in [0.5, 0.6) is 0 Å². The van der Waals surface area contributed by atoms with Crippen molar-refractivity contribution in [1.82, 2.24) is 20.4 Å². The molecular formula is C12H16N4OS. The van der Waals surface area contributed by atoms with Gasteiger partial charge in [0.25, 0.3) is 0 Å². The van der Waals surface area contributed by atoms with Gasteiger partial charge in [0.15, 0.2) is 0 Å². The quantitative estimate of drug-likeness (QED) is 0.890. The standard InChI is InChI=1S/C12H16N4OS/c1-9(11-4-3-7-18-11)16(2)12(17)13-8-10-5-6-14-15-10/h3-7,9H,8H2,1-2H3,(H,13,17)(H,14,15)/t9-/m1/s1. The van der Waals surface area contributed by atoms with Gasteiger partial charge in [-0.3, -0.25) is 5.10 Å². The summed E-state index contributed by atoms with van der Waals surface area (Å²) >= 11 is 1.65. The molecule has 96 valence electrons. The maximum absolute atomic E-state index is 12.0. The maximum Gasteiger partial charge on any atom is 0.317 e. The fourth-order valence-corrected chi connectivity index (χ4v) is 2.40. The smallest absolute Gasteiger partial charge is 0.317 e. The summed E-state index contributed by atoms with van der Waals surface area (Å²) in [4.78, 5) is 14.8. The lowest BCUT2D eigenvalue weighted by Crippen LogP contribution is -2.38. The predicted octanol–water partition coefficient (Wildman–Crippen LogP) is 2.37. The van der Waals surface area contributed by atoms with E-state index in [2.05, 4.69) is 15.5 Å². The average Bonchev–Trinajstić information content (AvgIpc) is 3.06. The largest absolute Gasteiger partial charge is 0.332 e. The molecule has 2 aromatic rings. The number of thiophene rings is 1. The number of hydrogen-bond acceptors (Lipinski definition) is 3. The minimum absolute atomic E-state index is 0.0757. The van der Waals surface area contributed by atoms with Crippen LogP contribution in [-0.4, -0.2) is 28.2 Å². The van der Waals surface area contributed by atoms with Crippen LogP contribution in [-0.2, 0) is 6.54 Å². The van der Waals surface area contributed by atoms with E-state index in [-0.39, 0.29) is 12.1 Å². The first-order valence-corrected chi connectivity index (χ1v) is 6.58. The molecule has 0 aromatic carbocycles. The fraction of sp³-hybridized carbons (Fsp3) is 0.333. The van der Waals surface area contributed by atoms with Crippen LogP contribution in [0, 0.1) is 0 Å². The van der Waals surface area contributed by atoms with Gasteiger partial charge in [-0.05, 0) is 24.4 Å². The zero-order valence-electron chi connectivity index (χ0n) is 10.4. The molecule has 2 N–H and O–H groups in total. The SMILES string of the molecule is C[C@H](c1cccs1)N(C)C(=O)NCc1ccn[nH]1. The van der Waals surface area contributed by atoms with Crippen molar-refractivity contribution >= 4 is 17.4 Å². The second-order valence-corrected chi connectivity index (χ2v) is 5.02. The molecule has 2 amide bonds. The molecule has 5 nitrogen and oxygen atoms in total. The molecule has 0 unspecified atom stereocenters. The first-order valence-electron chi connectivity index (χ1n) is 5.71. The lowest BCUT2D eigenvalue weighted by Gasteiger charge is -2.24. The van der Waals surface area contributed by atoms with Gasteiger partial charge in [-0.25, -0.2) is 4.79 Å². The minimum Gasteiger partial charge on any atom is -0.332 e. The number of aromatic nitrogens is 2. The van der Waals surface area contributed by atoms with Crippen molar-refractivity contribution in [2.45, 2.75) is 19.5 Å². The van der Waals surface area contributed by atoms with E-state index in [0.717, 1.165) is 5.69 Å². The maximum atomic E-state index is 12.0. The first kappa shape index (κ1) is 12.6. The van der Waals surface area contributed by atoms with Gasteiger partial charge in [-0.1, -0.05) is 6.07 Å². The van der Waals surface area contributed by atoms with Crippen LogP contribution in [0.25, 0.3) is 0 Å². The van der Waals surface area contributed by atoms with Gasteiger partial charge in [0, 0.05) is 18.1 Å². The molecule has 0 spiro atoms. The van der Waals surface area contributed by atoms with Gasteiger partial charge < -0.3 is 10.2 Å². The van der Waals surface area contributed by atoms with Crippen LogP contribution < -0.4 is 5.32 Å². The van der Waals surface area contributed by atoms with Crippen LogP contribution >= 0.6 is 11.3 Å². The van der Waals surface area contributed by atoms with Crippen LogP contribution in [0.2, 0.25) is 0 Å². The van der Waals surface area contributed by atoms with E-state index in [1.165, 1.54) is 4.88 Å². The fourth-order valence-electron chi connectivity index (χ4n) is 1.57. The van der Waals surface area contributed by atoms with E-state index in [1.807, 2.05) is 30.5 Å². The second kappa shape index (κ2) is 5.68. The topological polar surface area (TPSA) is 61.0 Å². The zero-order valence-corrected chi connectivity index (χ0v) is 11.2. The summed E-state index contributed by atoms with van der Waals surface area (Å²) in [7, 11) is 1.80. The number of amides is 2. The number of rotatable bonds is 4. The number of carbonyl (C=O) groups is 1. The molecule has 0 aliphatic heterocycles. The second-order valence-electron chi connectivity index (χ2n) is 4.04. The normalized spacial score (nSPS) is 12.1. The van der Waals surface area contributed by atoms with Crippen LogP contribution in [0.15, 0.2) is 29.8 Å². The highest BCUT2D eigenvalue weighted by molar-refractivity contribution is 7.10. The average molecular weight is 264 g/mol. The third-order valence-corrected chi connectivity index (χ3v) is 3.89. The summed E-state index contributed by atoms with van der Waals surface area (Å²) in [5.41, 5.74) is 0.889. The van der Waals surface area contributed by atoms with E-state index in [0.29, 0.717) is 6.54 Å². The molecular weight excluding hydrogens is 248 g/mol. The number of hydrogen-bond donors (Lipinski definition) is 2. The highest BCUT2D eigenvalue weighted by Gasteiger charge is 2.17. The van der Waals surface area contributed by atoms with Crippen LogP contribution in [0.3, 0.4) is 0 Å². The molecule has 0 aliphatic rings. The van der Waals surface area contributed by atoms with Gasteiger partial charge in [-0.15, -0.1) is 11.3 Å². The summed E-state index contributed by atoms with van der Waals surface area (Å²) in [6.45, 7) is 2.47. The number of carbonyl (C=O) groups excluding carboxylic acids is 1. The Bertz CT molecular complexity index is 480. The molecule has 2 heterocycles. The van der Waals surface area contributed by atoms with Gasteiger partial charge in [0.1, 0.15) is 0 Å². The third kappa shape index (κ3) is 2.89. The van der Waals surface area contributed by atoms with Gasteiger partial charge in [-0.2, -0.15) is 5.10 Å². The van der Waals surface area contributed by atoms with Crippen molar-refractivity contribution in [3.8, 4) is 0 Å². The van der Waals surface area contributed by atoms with E-state index < -0.39 is 0 Å². The van der Waals surface area contributed by atoms with Crippen molar-refractivity contribution < 1.29 is 4.79 Å². The third-order valence-electron chi connectivity index (χ3n) is 2.84. The Morgan fingerprint density at radius 1 is 1.61 bits per heavy atom. The zero-order chi connectivity index (χ0) is 13.0. The summed E-state index contributed by atoms with van der Waals surface area (Å²) in [5.74, 6) is 0. The molecule has 18 heavy (non-hydrogen) atoms. The number of aromatic amines is 1. The van der Waals surface area contributed by atoms with Gasteiger partial charge in [0.05, 0.1) is 18.3 Å². The lowest BCUT2D eigenvalue weighted by atomic mass is 10.2. The Kier molecular flexibility index (Phi) is 3.99. The van der Waals surface area contributed by atoms with Gasteiger partial charge >= 0.3 is 6.03 Å². The van der Waals surface area contributed by atoms with Crippen LogP contribution in [0.4, 0.5) is 4.79 Å². The van der Waals surface area contributed by atoms with Crippen molar-refractivity contribution in [2.75, 3.05) is 7.05 Å². The van der Waals surface area contributed by atoms with Crippen molar-refractivity contribution in [1.29, 1.82) is 0 Å². The van der Waals surface area contributed by atoms with Crippen LogP contribution in [0.1, 0.15) is 23.5 Å². The summed E-state index contributed by atoms with van der Waals surface area (Å²) < 4.78 is 0. The molecule has 0 saturated heterocycles. The van der Waals surface area contributed by atoms with Crippen molar-refractivity contribution in [2.24, 2.45) is 0 Å². The summed E-state index contributed by atoms with van der Waals surface area (Å²) in [6.07, 6.45) is 1.67. The van der Waals surface area contributed by atoms with E-state index in [9.17, 15) is 4.79 Å². The van der Waals surface area contributed by atoms with Gasteiger partial charge in [0.2, 0.25) is 0 Å². The molecule has 0 bridgehead atoms. The minimum atomic E-state index is -0.0921. The Morgan fingerprint density at radius 3 is 3.06 bits per heavy atom. The molecule has 6 heteroatoms. The molecule has 0 fully saturated rings. The predicted molar refractivity (Wildman–Crippen MR) is 71.3 cm³/mol.